The van der Waals surface area contributed by atoms with Crippen LogP contribution in [-0.2, 0) is 57.9 Å². The molecule has 0 spiro atoms. The largest absolute Gasteiger partial charge is 1.00 e. The van der Waals surface area contributed by atoms with Crippen LogP contribution in [-0.4, -0.2) is 34.5 Å². The number of benzene rings is 2. The van der Waals surface area contributed by atoms with E-state index < -0.39 is 12.2 Å². The molecule has 4 nitrogen and oxygen atoms in total. The molecule has 0 amide bonds. The molecule has 2 aromatic carbocycles. The maximum atomic E-state index is 10.1. The van der Waals surface area contributed by atoms with Crippen LogP contribution in [0, 0.1) is 12.8 Å². The van der Waals surface area contributed by atoms with Crippen molar-refractivity contribution < 1.29 is 55.0 Å². The van der Waals surface area contributed by atoms with Crippen molar-refractivity contribution in [1.29, 1.82) is 0 Å². The number of hydrogen-bond acceptors (Lipinski definition) is 2. The van der Waals surface area contributed by atoms with Crippen molar-refractivity contribution in [3.05, 3.63) is 95.3 Å². The molecule has 26 heavy (non-hydrogen) atoms. The third-order valence-electron chi connectivity index (χ3n) is 4.14. The normalized spacial score (nSPS) is 24.7. The minimum absolute atomic E-state index is 0. The maximum Gasteiger partial charge on any atom is 1.00 e. The Morgan fingerprint density at radius 1 is 0.731 bits per heavy atom. The van der Waals surface area contributed by atoms with Gasteiger partial charge in [-0.3, -0.25) is 6.42 Å². The summed E-state index contributed by atoms with van der Waals surface area (Å²) in [6.45, 7) is 1.07. The predicted octanol–water partition coefficient (Wildman–Crippen LogP) is 3.01. The summed E-state index contributed by atoms with van der Waals surface area (Å²) < 4.78 is 0. The van der Waals surface area contributed by atoms with Crippen LogP contribution in [0.3, 0.4) is 0 Å². The van der Waals surface area contributed by atoms with E-state index in [0.29, 0.717) is 13.1 Å². The second kappa shape index (κ2) is 12.2. The summed E-state index contributed by atoms with van der Waals surface area (Å²) in [7, 11) is 0. The monoisotopic (exact) mass is 716 g/mol. The fraction of sp³-hybridized carbons (Fsp3) is 0.300. The Hall–Kier alpha value is -0.369. The molecule has 1 fully saturated rings. The summed E-state index contributed by atoms with van der Waals surface area (Å²) in [5.74, 6) is 0. The van der Waals surface area contributed by atoms with Gasteiger partial charge in [-0.15, -0.1) is 13.1 Å². The van der Waals surface area contributed by atoms with Crippen LogP contribution >= 0.6 is 0 Å². The summed E-state index contributed by atoms with van der Waals surface area (Å²) in [5, 5.41) is 29.4. The number of aliphatic hydroxyl groups excluding tert-OH is 2. The Balaban J connectivity index is 0.00000169. The van der Waals surface area contributed by atoms with E-state index in [1.54, 1.807) is 0 Å². The SMILES string of the molecule is OC1[CH-]C(O)C([N-]Cc2ccccc2)[CH+]C1[N-]Cc1ccccc1.[Au+].[Au+]. The zero-order chi connectivity index (χ0) is 16.8. The molecule has 4 unspecified atom stereocenters. The summed E-state index contributed by atoms with van der Waals surface area (Å²) in [6, 6.07) is 19.2. The van der Waals surface area contributed by atoms with Crippen LogP contribution < -0.4 is 0 Å². The molecule has 0 aliphatic heterocycles. The Morgan fingerprint density at radius 2 is 1.12 bits per heavy atom. The molecule has 1 aliphatic carbocycles. The van der Waals surface area contributed by atoms with E-state index in [2.05, 4.69) is 10.6 Å². The second-order valence-electron chi connectivity index (χ2n) is 6.00. The molecule has 6 heteroatoms. The molecule has 4 atom stereocenters. The average Bonchev–Trinajstić information content (AvgIpc) is 2.62. The van der Waals surface area contributed by atoms with Gasteiger partial charge in [-0.2, -0.15) is 0 Å². The molecule has 0 heterocycles. The predicted molar refractivity (Wildman–Crippen MR) is 95.2 cm³/mol. The van der Waals surface area contributed by atoms with Crippen LogP contribution in [0.1, 0.15) is 11.1 Å². The molecular weight excluding hydrogens is 694 g/mol. The van der Waals surface area contributed by atoms with Crippen LogP contribution in [0.5, 0.6) is 0 Å². The van der Waals surface area contributed by atoms with Crippen molar-refractivity contribution in [1.82, 2.24) is 0 Å². The van der Waals surface area contributed by atoms with Crippen LogP contribution in [0.25, 0.3) is 10.6 Å². The van der Waals surface area contributed by atoms with E-state index in [1.165, 1.54) is 6.42 Å². The van der Waals surface area contributed by atoms with Gasteiger partial charge in [0.25, 0.3) is 0 Å². The quantitative estimate of drug-likeness (QED) is 0.357. The van der Waals surface area contributed by atoms with Gasteiger partial charge in [0.1, 0.15) is 0 Å². The number of aliphatic hydroxyl groups is 2. The second-order valence-corrected chi connectivity index (χ2v) is 6.00. The zero-order valence-corrected chi connectivity index (χ0v) is 18.4. The standard InChI is InChI=1S/C20H22N2O2.2Au/c23-19-12-20(24)18(22-14-16-9-5-2-6-10-16)11-17(19)21-13-15-7-3-1-4-8-15;;/h1-12,17-20,23-24H,13-14H2;;/q-2;2*+1. The average molecular weight is 716 g/mol. The van der Waals surface area contributed by atoms with Gasteiger partial charge in [-0.1, -0.05) is 71.8 Å². The Labute approximate surface area is 186 Å². The van der Waals surface area contributed by atoms with E-state index in [1.807, 2.05) is 67.1 Å². The van der Waals surface area contributed by atoms with Gasteiger partial charge in [0, 0.05) is 18.5 Å². The molecular formula is C20H22Au2N2O2. The topological polar surface area (TPSA) is 68.7 Å². The van der Waals surface area contributed by atoms with E-state index in [-0.39, 0.29) is 56.8 Å². The molecule has 1 saturated carbocycles. The smallest absolute Gasteiger partial charge is 0.616 e. The van der Waals surface area contributed by atoms with Crippen molar-refractivity contribution in [2.24, 2.45) is 0 Å². The van der Waals surface area contributed by atoms with Crippen molar-refractivity contribution in [3.8, 4) is 0 Å². The van der Waals surface area contributed by atoms with E-state index >= 15 is 0 Å². The van der Waals surface area contributed by atoms with Crippen molar-refractivity contribution in [2.45, 2.75) is 37.4 Å². The Kier molecular flexibility index (Phi) is 11.1. The zero-order valence-electron chi connectivity index (χ0n) is 14.0. The third-order valence-corrected chi connectivity index (χ3v) is 4.14. The minimum Gasteiger partial charge on any atom is -0.616 e. The van der Waals surface area contributed by atoms with E-state index in [9.17, 15) is 10.2 Å². The molecule has 3 rings (SSSR count). The first-order valence-corrected chi connectivity index (χ1v) is 8.19. The van der Waals surface area contributed by atoms with Crippen molar-refractivity contribution in [2.75, 3.05) is 0 Å². The van der Waals surface area contributed by atoms with Gasteiger partial charge in [0.05, 0.1) is 0 Å². The fourth-order valence-corrected chi connectivity index (χ4v) is 2.79. The first-order valence-electron chi connectivity index (χ1n) is 8.19. The van der Waals surface area contributed by atoms with Crippen LogP contribution in [0.4, 0.5) is 0 Å². The first-order chi connectivity index (χ1) is 11.7. The minimum atomic E-state index is -0.771. The molecule has 0 saturated heterocycles. The van der Waals surface area contributed by atoms with Gasteiger partial charge in [0.2, 0.25) is 0 Å². The molecule has 0 aromatic heterocycles. The Morgan fingerprint density at radius 3 is 1.50 bits per heavy atom. The first kappa shape index (κ1) is 23.7. The maximum absolute atomic E-state index is 10.1. The summed E-state index contributed by atoms with van der Waals surface area (Å²) in [6.07, 6.45) is 1.83. The van der Waals surface area contributed by atoms with Gasteiger partial charge in [-0.05, 0) is 12.2 Å². The van der Waals surface area contributed by atoms with Gasteiger partial charge >= 0.3 is 44.8 Å². The Bertz CT molecular complexity index is 562. The van der Waals surface area contributed by atoms with E-state index in [4.69, 9.17) is 0 Å². The van der Waals surface area contributed by atoms with E-state index in [0.717, 1.165) is 11.1 Å². The van der Waals surface area contributed by atoms with Gasteiger partial charge in [0.15, 0.2) is 0 Å². The van der Waals surface area contributed by atoms with Gasteiger partial charge < -0.3 is 20.8 Å². The molecule has 0 bridgehead atoms. The van der Waals surface area contributed by atoms with Crippen molar-refractivity contribution >= 4 is 0 Å². The summed E-state index contributed by atoms with van der Waals surface area (Å²) in [5.41, 5.74) is 2.20. The van der Waals surface area contributed by atoms with Crippen LogP contribution in [0.15, 0.2) is 60.7 Å². The van der Waals surface area contributed by atoms with Crippen molar-refractivity contribution in [3.63, 3.8) is 0 Å². The molecule has 146 valence electrons. The van der Waals surface area contributed by atoms with Gasteiger partial charge in [-0.25, -0.2) is 0 Å². The molecule has 0 radical (unpaired) electrons. The molecule has 2 N–H and O–H groups in total. The molecule has 1 aliphatic rings. The summed E-state index contributed by atoms with van der Waals surface area (Å²) >= 11 is 0. The fourth-order valence-electron chi connectivity index (χ4n) is 2.79. The number of nitrogens with zero attached hydrogens (tertiary/aromatic N) is 2. The number of hydrogen-bond donors (Lipinski definition) is 2. The van der Waals surface area contributed by atoms with Crippen LogP contribution in [0.2, 0.25) is 0 Å². The number of rotatable bonds is 6. The molecule has 2 aromatic rings. The third kappa shape index (κ3) is 6.98. The summed E-state index contributed by atoms with van der Waals surface area (Å²) in [4.78, 5) is 0.